The van der Waals surface area contributed by atoms with Crippen LogP contribution in [0.3, 0.4) is 0 Å². The predicted octanol–water partition coefficient (Wildman–Crippen LogP) is 3.11. The van der Waals surface area contributed by atoms with Gasteiger partial charge in [-0.05, 0) is 30.6 Å². The van der Waals surface area contributed by atoms with Crippen molar-refractivity contribution >= 4 is 17.3 Å². The second kappa shape index (κ2) is 5.66. The third-order valence-electron chi connectivity index (χ3n) is 2.57. The Balaban J connectivity index is 2.87. The molecule has 0 spiro atoms. The van der Waals surface area contributed by atoms with Gasteiger partial charge in [-0.2, -0.15) is 13.2 Å². The first-order valence-corrected chi connectivity index (χ1v) is 5.67. The number of rotatable bonds is 3. The summed E-state index contributed by atoms with van der Waals surface area (Å²) in [4.78, 5) is 1.22. The lowest BCUT2D eigenvalue weighted by molar-refractivity contribution is -0.127. The number of nitrogens with zero attached hydrogens (tertiary/aromatic N) is 1. The first-order valence-electron chi connectivity index (χ1n) is 5.27. The van der Waals surface area contributed by atoms with Crippen molar-refractivity contribution in [1.29, 1.82) is 0 Å². The van der Waals surface area contributed by atoms with E-state index in [0.717, 1.165) is 0 Å². The molecule has 0 atom stereocenters. The SMILES string of the molecule is CCC1=C(CC(F)(F)F)CCN(CF)C(=S)N1. The molecular weight excluding hydrogens is 256 g/mol. The van der Waals surface area contributed by atoms with Crippen LogP contribution in [-0.4, -0.2) is 29.5 Å². The molecule has 0 aliphatic carbocycles. The maximum atomic E-state index is 12.6. The van der Waals surface area contributed by atoms with E-state index in [1.54, 1.807) is 6.92 Å². The van der Waals surface area contributed by atoms with Gasteiger partial charge in [0.25, 0.3) is 0 Å². The molecule has 1 N–H and O–H groups in total. The molecular formula is C10H14F4N2S. The third-order valence-corrected chi connectivity index (χ3v) is 2.93. The molecule has 7 heteroatoms. The minimum Gasteiger partial charge on any atom is -0.336 e. The average molecular weight is 270 g/mol. The van der Waals surface area contributed by atoms with E-state index >= 15 is 0 Å². The van der Waals surface area contributed by atoms with E-state index in [-0.39, 0.29) is 23.7 Å². The highest BCUT2D eigenvalue weighted by atomic mass is 32.1. The molecule has 1 rings (SSSR count). The second-order valence-electron chi connectivity index (χ2n) is 3.79. The van der Waals surface area contributed by atoms with Crippen molar-refractivity contribution in [2.24, 2.45) is 0 Å². The van der Waals surface area contributed by atoms with Crippen LogP contribution in [0.25, 0.3) is 0 Å². The maximum Gasteiger partial charge on any atom is 0.392 e. The normalized spacial score (nSPS) is 18.2. The van der Waals surface area contributed by atoms with Gasteiger partial charge in [0, 0.05) is 12.2 Å². The topological polar surface area (TPSA) is 15.3 Å². The van der Waals surface area contributed by atoms with Crippen LogP contribution in [0.2, 0.25) is 0 Å². The van der Waals surface area contributed by atoms with E-state index in [0.29, 0.717) is 12.1 Å². The summed E-state index contributed by atoms with van der Waals surface area (Å²) in [6, 6.07) is 0. The van der Waals surface area contributed by atoms with Crippen LogP contribution in [0.15, 0.2) is 11.3 Å². The first-order chi connectivity index (χ1) is 7.87. The van der Waals surface area contributed by atoms with Gasteiger partial charge in [-0.3, -0.25) is 0 Å². The lowest BCUT2D eigenvalue weighted by atomic mass is 10.0. The zero-order chi connectivity index (χ0) is 13.1. The van der Waals surface area contributed by atoms with Gasteiger partial charge < -0.3 is 10.2 Å². The number of hydrogen-bond donors (Lipinski definition) is 1. The summed E-state index contributed by atoms with van der Waals surface area (Å²) in [5.74, 6) is 0. The molecule has 0 aromatic carbocycles. The summed E-state index contributed by atoms with van der Waals surface area (Å²) in [6.45, 7) is 1.13. The van der Waals surface area contributed by atoms with Crippen molar-refractivity contribution in [1.82, 2.24) is 10.2 Å². The monoisotopic (exact) mass is 270 g/mol. The Labute approximate surface area is 103 Å². The van der Waals surface area contributed by atoms with Crippen LogP contribution < -0.4 is 5.32 Å². The summed E-state index contributed by atoms with van der Waals surface area (Å²) in [6.07, 6.45) is -4.61. The fourth-order valence-corrected chi connectivity index (χ4v) is 1.97. The van der Waals surface area contributed by atoms with Gasteiger partial charge >= 0.3 is 6.18 Å². The van der Waals surface area contributed by atoms with E-state index in [1.165, 1.54) is 4.90 Å². The predicted molar refractivity (Wildman–Crippen MR) is 61.0 cm³/mol. The van der Waals surface area contributed by atoms with Gasteiger partial charge in [-0.25, -0.2) is 4.39 Å². The molecule has 0 aromatic rings. The van der Waals surface area contributed by atoms with E-state index in [9.17, 15) is 17.6 Å². The standard InChI is InChI=1S/C10H14F4N2S/c1-2-8-7(5-10(12,13)14)3-4-16(6-11)9(17)15-8/h2-6H2,1H3,(H,15,17). The highest BCUT2D eigenvalue weighted by molar-refractivity contribution is 7.80. The van der Waals surface area contributed by atoms with E-state index in [4.69, 9.17) is 12.2 Å². The van der Waals surface area contributed by atoms with Crippen LogP contribution in [0.4, 0.5) is 17.6 Å². The Hall–Kier alpha value is -0.850. The number of halogens is 4. The van der Waals surface area contributed by atoms with Gasteiger partial charge in [0.15, 0.2) is 11.9 Å². The van der Waals surface area contributed by atoms with Gasteiger partial charge in [-0.15, -0.1) is 0 Å². The second-order valence-corrected chi connectivity index (χ2v) is 4.18. The van der Waals surface area contributed by atoms with Crippen molar-refractivity contribution < 1.29 is 17.6 Å². The summed E-state index contributed by atoms with van der Waals surface area (Å²) in [5.41, 5.74) is 0.724. The Kier molecular flexibility index (Phi) is 4.73. The smallest absolute Gasteiger partial charge is 0.336 e. The number of alkyl halides is 4. The molecule has 0 bridgehead atoms. The summed E-state index contributed by atoms with van der Waals surface area (Å²) >= 11 is 4.91. The zero-order valence-electron chi connectivity index (χ0n) is 9.40. The van der Waals surface area contributed by atoms with Gasteiger partial charge in [0.1, 0.15) is 0 Å². The van der Waals surface area contributed by atoms with Gasteiger partial charge in [0.2, 0.25) is 0 Å². The molecule has 2 nitrogen and oxygen atoms in total. The Morgan fingerprint density at radius 3 is 2.53 bits per heavy atom. The van der Waals surface area contributed by atoms with Crippen LogP contribution in [0.5, 0.6) is 0 Å². The zero-order valence-corrected chi connectivity index (χ0v) is 10.2. The average Bonchev–Trinajstić information content (AvgIpc) is 2.36. The van der Waals surface area contributed by atoms with Crippen LogP contribution >= 0.6 is 12.2 Å². The van der Waals surface area contributed by atoms with Crippen LogP contribution in [-0.2, 0) is 0 Å². The van der Waals surface area contributed by atoms with Crippen LogP contribution in [0.1, 0.15) is 26.2 Å². The molecule has 0 unspecified atom stereocenters. The minimum absolute atomic E-state index is 0.154. The molecule has 0 saturated carbocycles. The summed E-state index contributed by atoms with van der Waals surface area (Å²) < 4.78 is 49.7. The number of nitrogens with one attached hydrogen (secondary N) is 1. The molecule has 0 radical (unpaired) electrons. The van der Waals surface area contributed by atoms with Gasteiger partial charge in [-0.1, -0.05) is 6.92 Å². The molecule has 98 valence electrons. The number of allylic oxidation sites excluding steroid dienone is 1. The minimum atomic E-state index is -4.25. The Bertz CT molecular complexity index is 325. The van der Waals surface area contributed by atoms with E-state index < -0.39 is 19.4 Å². The third kappa shape index (κ3) is 4.14. The van der Waals surface area contributed by atoms with Crippen molar-refractivity contribution in [3.05, 3.63) is 11.3 Å². The maximum absolute atomic E-state index is 12.6. The molecule has 0 fully saturated rings. The highest BCUT2D eigenvalue weighted by Crippen LogP contribution is 2.29. The van der Waals surface area contributed by atoms with Crippen molar-refractivity contribution in [3.63, 3.8) is 0 Å². The van der Waals surface area contributed by atoms with E-state index in [1.807, 2.05) is 0 Å². The summed E-state index contributed by atoms with van der Waals surface area (Å²) in [5, 5.41) is 2.85. The molecule has 1 aliphatic rings. The molecule has 17 heavy (non-hydrogen) atoms. The Morgan fingerprint density at radius 1 is 1.41 bits per heavy atom. The highest BCUT2D eigenvalue weighted by Gasteiger charge is 2.31. The van der Waals surface area contributed by atoms with Crippen molar-refractivity contribution in [2.75, 3.05) is 13.3 Å². The van der Waals surface area contributed by atoms with Crippen molar-refractivity contribution in [2.45, 2.75) is 32.4 Å². The van der Waals surface area contributed by atoms with Gasteiger partial charge in [0.05, 0.1) is 6.42 Å². The Morgan fingerprint density at radius 2 is 2.06 bits per heavy atom. The lowest BCUT2D eigenvalue weighted by Gasteiger charge is -2.19. The molecule has 0 amide bonds. The molecule has 1 heterocycles. The largest absolute Gasteiger partial charge is 0.392 e. The number of hydrogen-bond acceptors (Lipinski definition) is 1. The van der Waals surface area contributed by atoms with Crippen molar-refractivity contribution in [3.8, 4) is 0 Å². The molecule has 1 aliphatic heterocycles. The molecule has 0 aromatic heterocycles. The van der Waals surface area contributed by atoms with Crippen LogP contribution in [0, 0.1) is 0 Å². The fourth-order valence-electron chi connectivity index (χ4n) is 1.71. The fraction of sp³-hybridized carbons (Fsp3) is 0.700. The quantitative estimate of drug-likeness (QED) is 0.482. The number of thiocarbonyl (C=S) groups is 1. The lowest BCUT2D eigenvalue weighted by Crippen LogP contribution is -2.37. The first kappa shape index (κ1) is 14.2. The molecule has 0 saturated heterocycles. The summed E-state index contributed by atoms with van der Waals surface area (Å²) in [7, 11) is 0. The van der Waals surface area contributed by atoms with E-state index in [2.05, 4.69) is 5.32 Å².